The monoisotopic (exact) mass is 329 g/mol. The van der Waals surface area contributed by atoms with Crippen LogP contribution in [0, 0.1) is 5.82 Å². The molecule has 1 saturated heterocycles. The van der Waals surface area contributed by atoms with E-state index in [1.165, 1.54) is 12.1 Å². The van der Waals surface area contributed by atoms with Crippen molar-refractivity contribution in [1.29, 1.82) is 0 Å². The van der Waals surface area contributed by atoms with Crippen molar-refractivity contribution in [2.75, 3.05) is 38.1 Å². The Morgan fingerprint density at radius 3 is 2.68 bits per heavy atom. The maximum absolute atomic E-state index is 13.8. The van der Waals surface area contributed by atoms with Gasteiger partial charge in [0.25, 0.3) is 0 Å². The Morgan fingerprint density at radius 2 is 2.09 bits per heavy atom. The molecule has 1 aromatic carbocycles. The molecule has 1 fully saturated rings. The maximum atomic E-state index is 13.8. The summed E-state index contributed by atoms with van der Waals surface area (Å²) in [5.41, 5.74) is 0.0849. The van der Waals surface area contributed by atoms with Crippen LogP contribution in [0.25, 0.3) is 0 Å². The number of carbonyl (C=O) groups is 1. The van der Waals surface area contributed by atoms with E-state index in [0.717, 1.165) is 6.42 Å². The fourth-order valence-corrected chi connectivity index (χ4v) is 2.76. The average Bonchev–Trinajstić information content (AvgIpc) is 2.53. The molecule has 2 rings (SSSR count). The fraction of sp³-hybridized carbons (Fsp3) is 0.533. The van der Waals surface area contributed by atoms with Crippen LogP contribution in [0.3, 0.4) is 0 Å². The van der Waals surface area contributed by atoms with E-state index in [1.54, 1.807) is 11.0 Å². The number of aliphatic hydroxyl groups is 1. The van der Waals surface area contributed by atoms with E-state index in [4.69, 9.17) is 11.6 Å². The second kappa shape index (κ2) is 7.76. The van der Waals surface area contributed by atoms with Crippen molar-refractivity contribution in [3.8, 4) is 0 Å². The van der Waals surface area contributed by atoms with Crippen LogP contribution in [0.5, 0.6) is 0 Å². The van der Waals surface area contributed by atoms with Crippen molar-refractivity contribution in [3.63, 3.8) is 0 Å². The van der Waals surface area contributed by atoms with Gasteiger partial charge in [0.05, 0.1) is 17.3 Å². The Kier molecular flexibility index (Phi) is 5.99. The molecule has 0 radical (unpaired) electrons. The number of hydrogen-bond acceptors (Lipinski definition) is 3. The van der Waals surface area contributed by atoms with E-state index >= 15 is 0 Å². The van der Waals surface area contributed by atoms with Gasteiger partial charge in [-0.15, -0.1) is 0 Å². The molecule has 2 N–H and O–H groups in total. The minimum absolute atomic E-state index is 0.0173. The summed E-state index contributed by atoms with van der Waals surface area (Å²) in [6, 6.07) is 4.30. The molecule has 1 aliphatic heterocycles. The number of urea groups is 1. The van der Waals surface area contributed by atoms with Crippen LogP contribution in [-0.4, -0.2) is 59.8 Å². The number of carbonyl (C=O) groups excluding carboxylic acids is 1. The quantitative estimate of drug-likeness (QED) is 0.892. The number of benzene rings is 1. The molecule has 0 spiro atoms. The van der Waals surface area contributed by atoms with Crippen molar-refractivity contribution in [2.45, 2.75) is 19.4 Å². The van der Waals surface area contributed by atoms with Gasteiger partial charge in [0.15, 0.2) is 5.82 Å². The highest BCUT2D eigenvalue weighted by atomic mass is 35.5. The van der Waals surface area contributed by atoms with Gasteiger partial charge >= 0.3 is 6.03 Å². The summed E-state index contributed by atoms with van der Waals surface area (Å²) in [6.45, 7) is 4.64. The molecule has 122 valence electrons. The van der Waals surface area contributed by atoms with Crippen molar-refractivity contribution in [2.24, 2.45) is 0 Å². The van der Waals surface area contributed by atoms with Crippen LogP contribution in [0.1, 0.15) is 13.3 Å². The Bertz CT molecular complexity index is 518. The molecular weight excluding hydrogens is 309 g/mol. The Labute approximate surface area is 134 Å². The highest BCUT2D eigenvalue weighted by molar-refractivity contribution is 6.31. The van der Waals surface area contributed by atoms with Crippen LogP contribution < -0.4 is 5.32 Å². The summed E-state index contributed by atoms with van der Waals surface area (Å²) >= 11 is 5.70. The third-order valence-corrected chi connectivity index (χ3v) is 4.28. The molecule has 5 nitrogen and oxygen atoms in total. The molecular formula is C15H21ClFN3O2. The lowest BCUT2D eigenvalue weighted by atomic mass is 10.2. The summed E-state index contributed by atoms with van der Waals surface area (Å²) in [5.74, 6) is -0.623. The molecule has 1 aliphatic rings. The average molecular weight is 330 g/mol. The predicted octanol–water partition coefficient (Wildman–Crippen LogP) is 2.40. The van der Waals surface area contributed by atoms with E-state index in [0.29, 0.717) is 26.2 Å². The molecule has 22 heavy (non-hydrogen) atoms. The Balaban J connectivity index is 1.91. The summed E-state index contributed by atoms with van der Waals surface area (Å²) in [5, 5.41) is 11.9. The summed E-state index contributed by atoms with van der Waals surface area (Å²) in [6.07, 6.45) is 0.871. The molecule has 1 heterocycles. The first-order valence-corrected chi connectivity index (χ1v) is 7.79. The highest BCUT2D eigenvalue weighted by Gasteiger charge is 2.25. The minimum Gasteiger partial charge on any atom is -0.395 e. The number of halogens is 2. The molecule has 0 saturated carbocycles. The molecule has 1 atom stereocenters. The number of hydrogen-bond donors (Lipinski definition) is 2. The van der Waals surface area contributed by atoms with E-state index < -0.39 is 5.82 Å². The van der Waals surface area contributed by atoms with Crippen LogP contribution >= 0.6 is 11.6 Å². The van der Waals surface area contributed by atoms with Gasteiger partial charge in [0.2, 0.25) is 0 Å². The third-order valence-electron chi connectivity index (χ3n) is 3.99. The summed E-state index contributed by atoms with van der Waals surface area (Å²) in [7, 11) is 0. The zero-order valence-corrected chi connectivity index (χ0v) is 13.3. The van der Waals surface area contributed by atoms with E-state index in [-0.39, 0.29) is 29.4 Å². The maximum Gasteiger partial charge on any atom is 0.322 e. The molecule has 0 aromatic heterocycles. The van der Waals surface area contributed by atoms with Crippen LogP contribution in [0.4, 0.5) is 14.9 Å². The molecule has 0 aliphatic carbocycles. The lowest BCUT2D eigenvalue weighted by Crippen LogP contribution is -2.53. The van der Waals surface area contributed by atoms with Gasteiger partial charge in [-0.1, -0.05) is 24.6 Å². The lowest BCUT2D eigenvalue weighted by Gasteiger charge is -2.38. The summed E-state index contributed by atoms with van der Waals surface area (Å²) < 4.78 is 13.8. The highest BCUT2D eigenvalue weighted by Crippen LogP contribution is 2.22. The van der Waals surface area contributed by atoms with Crippen molar-refractivity contribution in [3.05, 3.63) is 29.0 Å². The molecule has 1 unspecified atom stereocenters. The molecule has 0 bridgehead atoms. The van der Waals surface area contributed by atoms with Gasteiger partial charge in [-0.25, -0.2) is 9.18 Å². The number of aliphatic hydroxyl groups excluding tert-OH is 1. The first-order chi connectivity index (χ1) is 10.6. The van der Waals surface area contributed by atoms with E-state index in [9.17, 15) is 14.3 Å². The summed E-state index contributed by atoms with van der Waals surface area (Å²) in [4.78, 5) is 16.0. The lowest BCUT2D eigenvalue weighted by molar-refractivity contribution is 0.0766. The number of piperazine rings is 1. The number of nitrogens with zero attached hydrogens (tertiary/aromatic N) is 2. The smallest absolute Gasteiger partial charge is 0.322 e. The second-order valence-electron chi connectivity index (χ2n) is 5.30. The molecule has 7 heteroatoms. The minimum atomic E-state index is -0.623. The molecule has 1 aromatic rings. The van der Waals surface area contributed by atoms with Gasteiger partial charge < -0.3 is 15.3 Å². The zero-order chi connectivity index (χ0) is 16.1. The first kappa shape index (κ1) is 17.0. The van der Waals surface area contributed by atoms with Crippen molar-refractivity contribution >= 4 is 23.3 Å². The van der Waals surface area contributed by atoms with Crippen molar-refractivity contribution in [1.82, 2.24) is 9.80 Å². The van der Waals surface area contributed by atoms with Gasteiger partial charge in [-0.3, -0.25) is 4.90 Å². The predicted molar refractivity (Wildman–Crippen MR) is 84.7 cm³/mol. The Hall–Kier alpha value is -1.37. The number of rotatable bonds is 4. The van der Waals surface area contributed by atoms with Crippen LogP contribution in [0.2, 0.25) is 5.02 Å². The number of nitrogens with one attached hydrogen (secondary N) is 1. The van der Waals surface area contributed by atoms with Crippen molar-refractivity contribution < 1.29 is 14.3 Å². The SMILES string of the molecule is CCC(CO)N1CCN(C(=O)Nc2cccc(Cl)c2F)CC1. The normalized spacial score (nSPS) is 17.4. The molecule has 2 amide bonds. The second-order valence-corrected chi connectivity index (χ2v) is 5.71. The van der Waals surface area contributed by atoms with Gasteiger partial charge in [0, 0.05) is 32.2 Å². The van der Waals surface area contributed by atoms with Gasteiger partial charge in [-0.05, 0) is 18.6 Å². The standard InChI is InChI=1S/C15H21ClFN3O2/c1-2-11(10-21)19-6-8-20(9-7-19)15(22)18-13-5-3-4-12(16)14(13)17/h3-5,11,21H,2,6-10H2,1H3,(H,18,22). The topological polar surface area (TPSA) is 55.8 Å². The largest absolute Gasteiger partial charge is 0.395 e. The number of amides is 2. The van der Waals surface area contributed by atoms with Gasteiger partial charge in [0.1, 0.15) is 0 Å². The van der Waals surface area contributed by atoms with E-state index in [2.05, 4.69) is 10.2 Å². The van der Waals surface area contributed by atoms with Gasteiger partial charge in [-0.2, -0.15) is 0 Å². The Morgan fingerprint density at radius 1 is 1.41 bits per heavy atom. The van der Waals surface area contributed by atoms with Crippen LogP contribution in [0.15, 0.2) is 18.2 Å². The number of anilines is 1. The third kappa shape index (κ3) is 3.88. The van der Waals surface area contributed by atoms with E-state index in [1.807, 2.05) is 6.92 Å². The fourth-order valence-electron chi connectivity index (χ4n) is 2.59. The van der Waals surface area contributed by atoms with Crippen LogP contribution in [-0.2, 0) is 0 Å². The zero-order valence-electron chi connectivity index (χ0n) is 12.6. The first-order valence-electron chi connectivity index (χ1n) is 7.41.